The zero-order valence-corrected chi connectivity index (χ0v) is 12.4. The van der Waals surface area contributed by atoms with Gasteiger partial charge in [-0.2, -0.15) is 5.26 Å². The van der Waals surface area contributed by atoms with Gasteiger partial charge in [-0.3, -0.25) is 0 Å². The number of nitrogens with one attached hydrogen (secondary N) is 1. The molecule has 0 heterocycles. The van der Waals surface area contributed by atoms with Crippen molar-refractivity contribution in [2.24, 2.45) is 0 Å². The topological polar surface area (TPSA) is 45.0 Å². The van der Waals surface area contributed by atoms with E-state index in [2.05, 4.69) is 27.3 Å². The molecule has 0 aliphatic rings. The summed E-state index contributed by atoms with van der Waals surface area (Å²) in [5.41, 5.74) is 2.00. The van der Waals surface area contributed by atoms with Gasteiger partial charge in [-0.05, 0) is 40.2 Å². The summed E-state index contributed by atoms with van der Waals surface area (Å²) in [5.74, 6) is 0.680. The van der Waals surface area contributed by atoms with Gasteiger partial charge in [0.05, 0.1) is 33.5 Å². The van der Waals surface area contributed by atoms with Gasteiger partial charge in [-0.15, -0.1) is 0 Å². The van der Waals surface area contributed by atoms with Gasteiger partial charge < -0.3 is 10.1 Å². The zero-order valence-electron chi connectivity index (χ0n) is 10.1. The third-order valence-corrected chi connectivity index (χ3v) is 3.97. The number of methoxy groups -OCH3 is 1. The fraction of sp³-hybridized carbons (Fsp3) is 0.0714. The Morgan fingerprint density at radius 1 is 1.26 bits per heavy atom. The predicted octanol–water partition coefficient (Wildman–Crippen LogP) is 4.73. The molecule has 2 rings (SSSR count). The van der Waals surface area contributed by atoms with Crippen molar-refractivity contribution in [3.8, 4) is 11.8 Å². The van der Waals surface area contributed by atoms with E-state index < -0.39 is 0 Å². The molecule has 0 aliphatic heterocycles. The van der Waals surface area contributed by atoms with Gasteiger partial charge in [0.2, 0.25) is 0 Å². The maximum atomic E-state index is 9.12. The quantitative estimate of drug-likeness (QED) is 0.881. The number of nitriles is 1. The van der Waals surface area contributed by atoms with Crippen LogP contribution in [0.1, 0.15) is 5.56 Å². The van der Waals surface area contributed by atoms with Crippen LogP contribution in [0.25, 0.3) is 0 Å². The smallest absolute Gasteiger partial charge is 0.121 e. The molecule has 0 aliphatic carbocycles. The molecular weight excluding hydrogens is 328 g/mol. The highest BCUT2D eigenvalue weighted by Crippen LogP contribution is 2.33. The molecule has 3 nitrogen and oxygen atoms in total. The molecule has 0 saturated heterocycles. The minimum Gasteiger partial charge on any atom is -0.497 e. The van der Waals surface area contributed by atoms with Gasteiger partial charge in [0, 0.05) is 6.07 Å². The third-order valence-electron chi connectivity index (χ3n) is 2.57. The Hall–Kier alpha value is -1.70. The monoisotopic (exact) mass is 336 g/mol. The van der Waals surface area contributed by atoms with Crippen LogP contribution in [0.5, 0.6) is 5.75 Å². The van der Waals surface area contributed by atoms with E-state index in [-0.39, 0.29) is 0 Å². The molecule has 0 atom stereocenters. The second-order valence-corrected chi connectivity index (χ2v) is 4.95. The van der Waals surface area contributed by atoms with Crippen LogP contribution >= 0.6 is 27.5 Å². The number of halogens is 2. The van der Waals surface area contributed by atoms with Gasteiger partial charge in [-0.25, -0.2) is 0 Å². The van der Waals surface area contributed by atoms with Crippen LogP contribution in [0.2, 0.25) is 5.02 Å². The van der Waals surface area contributed by atoms with Crippen molar-refractivity contribution in [3.05, 3.63) is 51.5 Å². The highest BCUT2D eigenvalue weighted by molar-refractivity contribution is 9.10. The maximum absolute atomic E-state index is 9.12. The molecular formula is C14H10BrClN2O. The van der Waals surface area contributed by atoms with E-state index in [0.29, 0.717) is 22.0 Å². The molecule has 0 fully saturated rings. The van der Waals surface area contributed by atoms with Crippen LogP contribution in [-0.4, -0.2) is 7.11 Å². The Morgan fingerprint density at radius 2 is 2.05 bits per heavy atom. The lowest BCUT2D eigenvalue weighted by atomic mass is 10.1. The van der Waals surface area contributed by atoms with Crippen molar-refractivity contribution < 1.29 is 4.74 Å². The normalized spacial score (nSPS) is 9.79. The van der Waals surface area contributed by atoms with Crippen molar-refractivity contribution in [1.29, 1.82) is 5.26 Å². The fourth-order valence-electron chi connectivity index (χ4n) is 1.60. The minimum atomic E-state index is 0.535. The number of hydrogen-bond donors (Lipinski definition) is 1. The highest BCUT2D eigenvalue weighted by atomic mass is 79.9. The second-order valence-electron chi connectivity index (χ2n) is 3.75. The summed E-state index contributed by atoms with van der Waals surface area (Å²) < 4.78 is 5.91. The first-order chi connectivity index (χ1) is 9.15. The number of nitrogens with zero attached hydrogens (tertiary/aromatic N) is 1. The van der Waals surface area contributed by atoms with Crippen molar-refractivity contribution in [1.82, 2.24) is 0 Å². The largest absolute Gasteiger partial charge is 0.497 e. The number of ether oxygens (including phenoxy) is 1. The summed E-state index contributed by atoms with van der Waals surface area (Å²) >= 11 is 9.45. The summed E-state index contributed by atoms with van der Waals surface area (Å²) in [6.07, 6.45) is 0. The third kappa shape index (κ3) is 3.01. The molecule has 2 aromatic rings. The Morgan fingerprint density at radius 3 is 2.74 bits per heavy atom. The Labute approximate surface area is 124 Å². The van der Waals surface area contributed by atoms with E-state index >= 15 is 0 Å². The van der Waals surface area contributed by atoms with Crippen molar-refractivity contribution >= 4 is 38.9 Å². The molecule has 5 heteroatoms. The van der Waals surface area contributed by atoms with Crippen molar-refractivity contribution in [3.63, 3.8) is 0 Å². The van der Waals surface area contributed by atoms with Crippen LogP contribution in [-0.2, 0) is 0 Å². The fourth-order valence-corrected chi connectivity index (χ4v) is 2.13. The van der Waals surface area contributed by atoms with E-state index in [9.17, 15) is 0 Å². The molecule has 0 radical (unpaired) electrons. The van der Waals surface area contributed by atoms with E-state index in [1.54, 1.807) is 31.4 Å². The molecule has 0 bridgehead atoms. The van der Waals surface area contributed by atoms with E-state index in [4.69, 9.17) is 21.6 Å². The molecule has 1 N–H and O–H groups in total. The minimum absolute atomic E-state index is 0.535. The summed E-state index contributed by atoms with van der Waals surface area (Å²) in [6, 6.07) is 12.9. The standard InChI is InChI=1S/C14H10BrClN2O/c1-19-10-6-5-9(8-17)13(7-10)18-12-4-2-3-11(16)14(12)15/h2-7,18H,1H3. The Bertz CT molecular complexity index is 652. The molecule has 0 aromatic heterocycles. The molecule has 0 spiro atoms. The van der Waals surface area contributed by atoms with Gasteiger partial charge in [0.1, 0.15) is 11.8 Å². The summed E-state index contributed by atoms with van der Waals surface area (Å²) in [6.45, 7) is 0. The number of rotatable bonds is 3. The van der Waals surface area contributed by atoms with Gasteiger partial charge in [-0.1, -0.05) is 17.7 Å². The van der Waals surface area contributed by atoms with Crippen molar-refractivity contribution in [2.75, 3.05) is 12.4 Å². The predicted molar refractivity (Wildman–Crippen MR) is 80.1 cm³/mol. The summed E-state index contributed by atoms with van der Waals surface area (Å²) in [4.78, 5) is 0. The van der Waals surface area contributed by atoms with E-state index in [0.717, 1.165) is 10.2 Å². The van der Waals surface area contributed by atoms with E-state index in [1.165, 1.54) is 0 Å². The molecule has 0 saturated carbocycles. The summed E-state index contributed by atoms with van der Waals surface area (Å²) in [7, 11) is 1.58. The Balaban J connectivity index is 2.42. The molecule has 2 aromatic carbocycles. The lowest BCUT2D eigenvalue weighted by Crippen LogP contribution is -1.96. The SMILES string of the molecule is COc1ccc(C#N)c(Nc2cccc(Cl)c2Br)c1. The summed E-state index contributed by atoms with van der Waals surface area (Å²) in [5, 5.41) is 12.9. The van der Waals surface area contributed by atoms with Crippen LogP contribution in [0, 0.1) is 11.3 Å². The maximum Gasteiger partial charge on any atom is 0.121 e. The lowest BCUT2D eigenvalue weighted by Gasteiger charge is -2.12. The number of hydrogen-bond acceptors (Lipinski definition) is 3. The average molecular weight is 338 g/mol. The average Bonchev–Trinajstić information content (AvgIpc) is 2.43. The Kier molecular flexibility index (Phi) is 4.31. The molecule has 0 unspecified atom stereocenters. The van der Waals surface area contributed by atoms with Crippen LogP contribution in [0.4, 0.5) is 11.4 Å². The van der Waals surface area contributed by atoms with Gasteiger partial charge in [0.25, 0.3) is 0 Å². The van der Waals surface area contributed by atoms with Crippen LogP contribution in [0.15, 0.2) is 40.9 Å². The van der Waals surface area contributed by atoms with Gasteiger partial charge >= 0.3 is 0 Å². The zero-order chi connectivity index (χ0) is 13.8. The highest BCUT2D eigenvalue weighted by Gasteiger charge is 2.08. The molecule has 0 amide bonds. The number of benzene rings is 2. The van der Waals surface area contributed by atoms with Gasteiger partial charge in [0.15, 0.2) is 0 Å². The first kappa shape index (κ1) is 13.7. The lowest BCUT2D eigenvalue weighted by molar-refractivity contribution is 0.415. The van der Waals surface area contributed by atoms with Crippen LogP contribution < -0.4 is 10.1 Å². The van der Waals surface area contributed by atoms with Crippen LogP contribution in [0.3, 0.4) is 0 Å². The number of anilines is 2. The second kappa shape index (κ2) is 5.96. The molecule has 96 valence electrons. The molecule has 19 heavy (non-hydrogen) atoms. The van der Waals surface area contributed by atoms with Crippen molar-refractivity contribution in [2.45, 2.75) is 0 Å². The first-order valence-electron chi connectivity index (χ1n) is 5.45. The van der Waals surface area contributed by atoms with E-state index in [1.807, 2.05) is 12.1 Å². The first-order valence-corrected chi connectivity index (χ1v) is 6.62.